The van der Waals surface area contributed by atoms with Crippen LogP contribution in [0, 0.1) is 0 Å². The van der Waals surface area contributed by atoms with E-state index in [1.54, 1.807) is 0 Å². The Labute approximate surface area is 218 Å². The highest BCUT2D eigenvalue weighted by atomic mass is 15.1. The normalized spacial score (nSPS) is 15.2. The summed E-state index contributed by atoms with van der Waals surface area (Å²) >= 11 is 0. The zero-order chi connectivity index (χ0) is 24.6. The molecule has 4 aromatic carbocycles. The summed E-state index contributed by atoms with van der Waals surface area (Å²) < 4.78 is 2.36. The Kier molecular flexibility index (Phi) is 5.75. The highest BCUT2D eigenvalue weighted by Crippen LogP contribution is 2.33. The molecule has 1 fully saturated rings. The fourth-order valence-electron chi connectivity index (χ4n) is 5.99. The van der Waals surface area contributed by atoms with Crippen LogP contribution in [0.1, 0.15) is 35.1 Å². The molecular formula is C33H32N4. The van der Waals surface area contributed by atoms with Gasteiger partial charge in [-0.3, -0.25) is 4.90 Å². The second kappa shape index (κ2) is 9.53. The Hall–Kier alpha value is -3.89. The average molecular weight is 485 g/mol. The van der Waals surface area contributed by atoms with Crippen molar-refractivity contribution in [2.24, 2.45) is 0 Å². The number of likely N-dealkylation sites (tertiary alicyclic amines) is 1. The van der Waals surface area contributed by atoms with Crippen LogP contribution in [0.25, 0.3) is 22.4 Å². The van der Waals surface area contributed by atoms with Gasteiger partial charge in [0.25, 0.3) is 0 Å². The van der Waals surface area contributed by atoms with E-state index in [1.807, 2.05) is 0 Å². The maximum atomic E-state index is 5.00. The van der Waals surface area contributed by atoms with E-state index in [0.717, 1.165) is 42.8 Å². The van der Waals surface area contributed by atoms with Crippen molar-refractivity contribution in [3.8, 4) is 11.4 Å². The lowest BCUT2D eigenvalue weighted by molar-refractivity contribution is 0.331. The molecule has 0 unspecified atom stereocenters. The van der Waals surface area contributed by atoms with E-state index in [0.29, 0.717) is 0 Å². The summed E-state index contributed by atoms with van der Waals surface area (Å²) in [5.74, 6) is 1.02. The first-order valence-electron chi connectivity index (χ1n) is 13.5. The van der Waals surface area contributed by atoms with E-state index < -0.39 is 0 Å². The minimum atomic E-state index is 0.797. The van der Waals surface area contributed by atoms with E-state index in [-0.39, 0.29) is 0 Å². The maximum Gasteiger partial charge on any atom is 0.141 e. The Morgan fingerprint density at radius 2 is 1.32 bits per heavy atom. The minimum absolute atomic E-state index is 0.797. The van der Waals surface area contributed by atoms with Crippen molar-refractivity contribution in [2.45, 2.75) is 38.8 Å². The van der Waals surface area contributed by atoms with Gasteiger partial charge in [-0.25, -0.2) is 4.98 Å². The van der Waals surface area contributed by atoms with E-state index >= 15 is 0 Å². The molecule has 4 nitrogen and oxygen atoms in total. The standard InChI is InChI=1S/C33H32N4/c1-2-8-26(9-3-1)33-35-31-10-4-5-11-32(31)37(33)23-25-13-17-30-28(21-25)15-14-27-20-24(12-16-29(27)34-30)22-36-18-6-7-19-36/h1-5,8-13,16-17,20-21,34H,6-7,14-15,18-19,22-23H2. The van der Waals surface area contributed by atoms with Crippen LogP contribution in [0.4, 0.5) is 11.4 Å². The first-order valence-corrected chi connectivity index (χ1v) is 13.5. The molecule has 1 saturated heterocycles. The third-order valence-corrected chi connectivity index (χ3v) is 7.90. The summed E-state index contributed by atoms with van der Waals surface area (Å²) in [6, 6.07) is 32.9. The van der Waals surface area contributed by atoms with Crippen LogP contribution in [-0.2, 0) is 25.9 Å². The predicted molar refractivity (Wildman–Crippen MR) is 152 cm³/mol. The number of aromatic nitrogens is 2. The van der Waals surface area contributed by atoms with Crippen LogP contribution in [0.2, 0.25) is 0 Å². The zero-order valence-electron chi connectivity index (χ0n) is 21.2. The number of aryl methyl sites for hydroxylation is 2. The molecule has 0 amide bonds. The molecule has 0 spiro atoms. The fraction of sp³-hybridized carbons (Fsp3) is 0.242. The van der Waals surface area contributed by atoms with Gasteiger partial charge in [-0.2, -0.15) is 0 Å². The Bertz CT molecular complexity index is 1560. The van der Waals surface area contributed by atoms with Crippen LogP contribution in [-0.4, -0.2) is 27.5 Å². The molecule has 0 radical (unpaired) electrons. The smallest absolute Gasteiger partial charge is 0.141 e. The molecule has 37 heavy (non-hydrogen) atoms. The SMILES string of the molecule is c1ccc(-c2nc3ccccc3n2Cc2ccc3c(c2)CCc2cc(CN4CCCC4)ccc2N3)cc1. The highest BCUT2D eigenvalue weighted by Gasteiger charge is 2.17. The van der Waals surface area contributed by atoms with Gasteiger partial charge in [0.1, 0.15) is 5.82 Å². The number of nitrogens with one attached hydrogen (secondary N) is 1. The number of para-hydroxylation sites is 2. The molecule has 0 bridgehead atoms. The number of fused-ring (bicyclic) bond motifs is 3. The van der Waals surface area contributed by atoms with Crippen LogP contribution in [0.5, 0.6) is 0 Å². The number of imidazole rings is 1. The second-order valence-electron chi connectivity index (χ2n) is 10.5. The largest absolute Gasteiger partial charge is 0.355 e. The highest BCUT2D eigenvalue weighted by molar-refractivity contribution is 5.81. The van der Waals surface area contributed by atoms with Gasteiger partial charge in [-0.1, -0.05) is 66.7 Å². The third kappa shape index (κ3) is 4.42. The Morgan fingerprint density at radius 3 is 2.05 bits per heavy atom. The number of hydrogen-bond donors (Lipinski definition) is 1. The summed E-state index contributed by atoms with van der Waals surface area (Å²) in [6.07, 6.45) is 4.79. The second-order valence-corrected chi connectivity index (χ2v) is 10.5. The van der Waals surface area contributed by atoms with Gasteiger partial charge in [0.2, 0.25) is 0 Å². The molecule has 184 valence electrons. The Balaban J connectivity index is 1.17. The molecular weight excluding hydrogens is 452 g/mol. The Morgan fingerprint density at radius 1 is 0.676 bits per heavy atom. The summed E-state index contributed by atoms with van der Waals surface area (Å²) in [4.78, 5) is 7.58. The van der Waals surface area contributed by atoms with Crippen molar-refractivity contribution in [2.75, 3.05) is 18.4 Å². The van der Waals surface area contributed by atoms with Gasteiger partial charge in [0, 0.05) is 30.0 Å². The van der Waals surface area contributed by atoms with Crippen molar-refractivity contribution in [3.63, 3.8) is 0 Å². The van der Waals surface area contributed by atoms with Crippen molar-refractivity contribution >= 4 is 22.4 Å². The monoisotopic (exact) mass is 484 g/mol. The number of hydrogen-bond acceptors (Lipinski definition) is 3. The summed E-state index contributed by atoms with van der Waals surface area (Å²) in [5.41, 5.74) is 11.4. The number of benzene rings is 4. The minimum Gasteiger partial charge on any atom is -0.355 e. The van der Waals surface area contributed by atoms with E-state index in [2.05, 4.69) is 106 Å². The van der Waals surface area contributed by atoms with Crippen molar-refractivity contribution < 1.29 is 0 Å². The molecule has 1 N–H and O–H groups in total. The molecule has 2 aliphatic heterocycles. The van der Waals surface area contributed by atoms with E-state index in [4.69, 9.17) is 4.98 Å². The molecule has 5 aromatic rings. The molecule has 3 heterocycles. The number of rotatable bonds is 5. The molecule has 4 heteroatoms. The van der Waals surface area contributed by atoms with Gasteiger partial charge in [-0.05, 0) is 85.3 Å². The van der Waals surface area contributed by atoms with Crippen LogP contribution < -0.4 is 5.32 Å². The van der Waals surface area contributed by atoms with Crippen LogP contribution in [0.3, 0.4) is 0 Å². The average Bonchev–Trinajstić information content (AvgIpc) is 3.53. The quantitative estimate of drug-likeness (QED) is 0.287. The van der Waals surface area contributed by atoms with Gasteiger partial charge in [-0.15, -0.1) is 0 Å². The first kappa shape index (κ1) is 22.3. The topological polar surface area (TPSA) is 33.1 Å². The van der Waals surface area contributed by atoms with Crippen LogP contribution >= 0.6 is 0 Å². The maximum absolute atomic E-state index is 5.00. The number of anilines is 2. The zero-order valence-corrected chi connectivity index (χ0v) is 21.2. The van der Waals surface area contributed by atoms with Gasteiger partial charge >= 0.3 is 0 Å². The van der Waals surface area contributed by atoms with E-state index in [9.17, 15) is 0 Å². The lowest BCUT2D eigenvalue weighted by Gasteiger charge is -2.16. The van der Waals surface area contributed by atoms with Gasteiger partial charge in [0.15, 0.2) is 0 Å². The lowest BCUT2D eigenvalue weighted by atomic mass is 10.0. The van der Waals surface area contributed by atoms with Gasteiger partial charge in [0.05, 0.1) is 11.0 Å². The first-order chi connectivity index (χ1) is 18.3. The third-order valence-electron chi connectivity index (χ3n) is 7.90. The van der Waals surface area contributed by atoms with Crippen molar-refractivity contribution in [3.05, 3.63) is 113 Å². The molecule has 0 atom stereocenters. The summed E-state index contributed by atoms with van der Waals surface area (Å²) in [5, 5.41) is 3.74. The molecule has 1 aromatic heterocycles. The lowest BCUT2D eigenvalue weighted by Crippen LogP contribution is -2.18. The van der Waals surface area contributed by atoms with Crippen molar-refractivity contribution in [1.82, 2.24) is 14.5 Å². The summed E-state index contributed by atoms with van der Waals surface area (Å²) in [7, 11) is 0. The molecule has 0 aliphatic carbocycles. The molecule has 2 aliphatic rings. The van der Waals surface area contributed by atoms with E-state index in [1.165, 1.54) is 65.1 Å². The predicted octanol–water partition coefficient (Wildman–Crippen LogP) is 7.19. The summed E-state index contributed by atoms with van der Waals surface area (Å²) in [6.45, 7) is 4.35. The fourth-order valence-corrected chi connectivity index (χ4v) is 5.99. The molecule has 0 saturated carbocycles. The number of nitrogens with zero attached hydrogens (tertiary/aromatic N) is 3. The van der Waals surface area contributed by atoms with Gasteiger partial charge < -0.3 is 9.88 Å². The molecule has 7 rings (SSSR count). The van der Waals surface area contributed by atoms with Crippen LogP contribution in [0.15, 0.2) is 91.0 Å². The van der Waals surface area contributed by atoms with Crippen molar-refractivity contribution in [1.29, 1.82) is 0 Å².